The summed E-state index contributed by atoms with van der Waals surface area (Å²) >= 11 is 5.62. The molecule has 0 saturated heterocycles. The van der Waals surface area contributed by atoms with Crippen LogP contribution >= 0.6 is 11.6 Å². The second-order valence-electron chi connectivity index (χ2n) is 2.98. The fourth-order valence-corrected chi connectivity index (χ4v) is 2.44. The average molecular weight is 267 g/mol. The summed E-state index contributed by atoms with van der Waals surface area (Å²) < 4.78 is 25.4. The van der Waals surface area contributed by atoms with Crippen LogP contribution in [0.15, 0.2) is 23.2 Å². The number of hydrogen-bond acceptors (Lipinski definition) is 5. The van der Waals surface area contributed by atoms with Crippen LogP contribution in [0.3, 0.4) is 0 Å². The van der Waals surface area contributed by atoms with Gasteiger partial charge < -0.3 is 10.2 Å². The van der Waals surface area contributed by atoms with Crippen LogP contribution in [0, 0.1) is 0 Å². The van der Waals surface area contributed by atoms with E-state index in [0.29, 0.717) is 0 Å². The van der Waals surface area contributed by atoms with E-state index in [2.05, 4.69) is 9.71 Å². The molecule has 8 heteroatoms. The van der Waals surface area contributed by atoms with Gasteiger partial charge in [-0.1, -0.05) is 11.6 Å². The molecule has 0 aliphatic carbocycles. The summed E-state index contributed by atoms with van der Waals surface area (Å²) in [7, 11) is -3.81. The highest BCUT2D eigenvalue weighted by Crippen LogP contribution is 2.17. The maximum absolute atomic E-state index is 11.6. The van der Waals surface area contributed by atoms with Crippen molar-refractivity contribution in [3.05, 3.63) is 23.5 Å². The number of aliphatic hydroxyl groups excluding tert-OH is 2. The first kappa shape index (κ1) is 13.3. The van der Waals surface area contributed by atoms with Gasteiger partial charge >= 0.3 is 0 Å². The van der Waals surface area contributed by atoms with Gasteiger partial charge in [0.25, 0.3) is 0 Å². The fraction of sp³-hybridized carbons (Fsp3) is 0.375. The van der Waals surface area contributed by atoms with Crippen molar-refractivity contribution in [3.63, 3.8) is 0 Å². The van der Waals surface area contributed by atoms with E-state index in [1.165, 1.54) is 18.3 Å². The summed E-state index contributed by atoms with van der Waals surface area (Å²) in [6, 6.07) is 2.73. The van der Waals surface area contributed by atoms with E-state index in [1.807, 2.05) is 0 Å². The number of pyridine rings is 1. The van der Waals surface area contributed by atoms with Crippen molar-refractivity contribution in [1.29, 1.82) is 0 Å². The van der Waals surface area contributed by atoms with Crippen molar-refractivity contribution in [1.82, 2.24) is 9.71 Å². The van der Waals surface area contributed by atoms with Crippen LogP contribution in [0.1, 0.15) is 0 Å². The van der Waals surface area contributed by atoms with Gasteiger partial charge in [-0.3, -0.25) is 0 Å². The minimum Gasteiger partial charge on any atom is -0.394 e. The minimum atomic E-state index is -3.81. The van der Waals surface area contributed by atoms with Crippen molar-refractivity contribution < 1.29 is 18.6 Å². The van der Waals surface area contributed by atoms with E-state index < -0.39 is 22.7 Å². The molecule has 1 heterocycles. The van der Waals surface area contributed by atoms with Crippen LogP contribution in [0.2, 0.25) is 5.15 Å². The van der Waals surface area contributed by atoms with Gasteiger partial charge in [0.2, 0.25) is 10.0 Å². The largest absolute Gasteiger partial charge is 0.394 e. The number of hydrogen-bond donors (Lipinski definition) is 3. The average Bonchev–Trinajstić information content (AvgIpc) is 2.26. The zero-order valence-corrected chi connectivity index (χ0v) is 9.74. The van der Waals surface area contributed by atoms with Crippen LogP contribution < -0.4 is 4.72 Å². The van der Waals surface area contributed by atoms with Crippen molar-refractivity contribution in [2.24, 2.45) is 0 Å². The van der Waals surface area contributed by atoms with Crippen LogP contribution in [-0.2, 0) is 10.0 Å². The lowest BCUT2D eigenvalue weighted by Gasteiger charge is -2.10. The second-order valence-corrected chi connectivity index (χ2v) is 5.07. The van der Waals surface area contributed by atoms with Gasteiger partial charge in [0.05, 0.1) is 12.7 Å². The molecule has 90 valence electrons. The number of rotatable bonds is 5. The second kappa shape index (κ2) is 5.55. The molecule has 16 heavy (non-hydrogen) atoms. The van der Waals surface area contributed by atoms with Crippen LogP contribution in [0.4, 0.5) is 0 Å². The van der Waals surface area contributed by atoms with E-state index in [1.54, 1.807) is 0 Å². The SMILES string of the molecule is O=S(=O)(NCC(O)CO)c1cccnc1Cl. The Kier molecular flexibility index (Phi) is 4.63. The molecule has 0 radical (unpaired) electrons. The molecule has 0 amide bonds. The van der Waals surface area contributed by atoms with Crippen molar-refractivity contribution in [3.8, 4) is 0 Å². The number of aromatic nitrogens is 1. The van der Waals surface area contributed by atoms with Gasteiger partial charge in [0.1, 0.15) is 10.0 Å². The zero-order chi connectivity index (χ0) is 12.2. The Bertz CT molecular complexity index is 451. The molecule has 0 aliphatic rings. The standard InChI is InChI=1S/C8H11ClN2O4S/c9-8-7(2-1-3-10-8)16(14,15)11-4-6(13)5-12/h1-3,6,11-13H,4-5H2. The van der Waals surface area contributed by atoms with Crippen molar-refractivity contribution in [2.75, 3.05) is 13.2 Å². The lowest BCUT2D eigenvalue weighted by Crippen LogP contribution is -2.34. The predicted octanol–water partition coefficient (Wildman–Crippen LogP) is -0.633. The van der Waals surface area contributed by atoms with Crippen LogP contribution in [0.5, 0.6) is 0 Å². The molecule has 0 fully saturated rings. The lowest BCUT2D eigenvalue weighted by molar-refractivity contribution is 0.0988. The number of nitrogens with zero attached hydrogens (tertiary/aromatic N) is 1. The summed E-state index contributed by atoms with van der Waals surface area (Å²) in [6.45, 7) is -0.812. The molecule has 0 saturated carbocycles. The summed E-state index contributed by atoms with van der Waals surface area (Å²) in [6.07, 6.45) is 0.217. The summed E-state index contributed by atoms with van der Waals surface area (Å²) in [5.74, 6) is 0. The highest BCUT2D eigenvalue weighted by Gasteiger charge is 2.18. The molecule has 1 rings (SSSR count). The Balaban J connectivity index is 2.83. The molecule has 1 aromatic heterocycles. The first-order valence-electron chi connectivity index (χ1n) is 4.36. The molecule has 0 bridgehead atoms. The van der Waals surface area contributed by atoms with Gasteiger partial charge in [-0.15, -0.1) is 0 Å². The molecular weight excluding hydrogens is 256 g/mol. The third kappa shape index (κ3) is 3.39. The monoisotopic (exact) mass is 266 g/mol. The molecule has 1 aromatic rings. The normalized spacial score (nSPS) is 13.7. The Hall–Kier alpha value is -0.730. The Morgan fingerprint density at radius 2 is 2.25 bits per heavy atom. The van der Waals surface area contributed by atoms with E-state index >= 15 is 0 Å². The molecule has 3 N–H and O–H groups in total. The molecule has 1 atom stereocenters. The van der Waals surface area contributed by atoms with Crippen molar-refractivity contribution in [2.45, 2.75) is 11.0 Å². The molecule has 0 aliphatic heterocycles. The zero-order valence-electron chi connectivity index (χ0n) is 8.17. The van der Waals surface area contributed by atoms with Gasteiger partial charge in [0, 0.05) is 12.7 Å². The highest BCUT2D eigenvalue weighted by molar-refractivity contribution is 7.89. The van der Waals surface area contributed by atoms with Crippen LogP contribution in [-0.4, -0.2) is 42.9 Å². The third-order valence-electron chi connectivity index (χ3n) is 1.73. The topological polar surface area (TPSA) is 99.5 Å². The minimum absolute atomic E-state index is 0.145. The third-order valence-corrected chi connectivity index (χ3v) is 3.60. The van der Waals surface area contributed by atoms with E-state index in [9.17, 15) is 8.42 Å². The summed E-state index contributed by atoms with van der Waals surface area (Å²) in [5, 5.41) is 17.4. The molecule has 6 nitrogen and oxygen atoms in total. The number of halogens is 1. The highest BCUT2D eigenvalue weighted by atomic mass is 35.5. The summed E-state index contributed by atoms with van der Waals surface area (Å²) in [4.78, 5) is 3.46. The number of nitrogens with one attached hydrogen (secondary N) is 1. The van der Waals surface area contributed by atoms with E-state index in [-0.39, 0.29) is 16.6 Å². The molecule has 0 aromatic carbocycles. The smallest absolute Gasteiger partial charge is 0.243 e. The van der Waals surface area contributed by atoms with Gasteiger partial charge in [0.15, 0.2) is 0 Å². The summed E-state index contributed by atoms with van der Waals surface area (Å²) in [5.41, 5.74) is 0. The van der Waals surface area contributed by atoms with E-state index in [0.717, 1.165) is 0 Å². The van der Waals surface area contributed by atoms with Crippen LogP contribution in [0.25, 0.3) is 0 Å². The first-order valence-corrected chi connectivity index (χ1v) is 6.22. The fourth-order valence-electron chi connectivity index (χ4n) is 0.920. The van der Waals surface area contributed by atoms with Gasteiger partial charge in [-0.25, -0.2) is 18.1 Å². The molecule has 1 unspecified atom stereocenters. The molecule has 0 spiro atoms. The number of aliphatic hydroxyl groups is 2. The Morgan fingerprint density at radius 3 is 2.81 bits per heavy atom. The van der Waals surface area contributed by atoms with Crippen molar-refractivity contribution >= 4 is 21.6 Å². The molecular formula is C8H11ClN2O4S. The Morgan fingerprint density at radius 1 is 1.56 bits per heavy atom. The quantitative estimate of drug-likeness (QED) is 0.616. The predicted molar refractivity (Wildman–Crippen MR) is 57.5 cm³/mol. The number of sulfonamides is 1. The van der Waals surface area contributed by atoms with Gasteiger partial charge in [-0.2, -0.15) is 0 Å². The lowest BCUT2D eigenvalue weighted by atomic mass is 10.4. The maximum Gasteiger partial charge on any atom is 0.243 e. The van der Waals surface area contributed by atoms with Gasteiger partial charge in [-0.05, 0) is 12.1 Å². The van der Waals surface area contributed by atoms with E-state index in [4.69, 9.17) is 21.8 Å². The first-order chi connectivity index (χ1) is 7.47. The Labute approximate surface area is 97.9 Å². The maximum atomic E-state index is 11.6.